The van der Waals surface area contributed by atoms with Gasteiger partial charge < -0.3 is 15.5 Å². The van der Waals surface area contributed by atoms with E-state index < -0.39 is 10.8 Å². The molecule has 1 aliphatic heterocycles. The van der Waals surface area contributed by atoms with Crippen molar-refractivity contribution in [3.8, 4) is 0 Å². The highest BCUT2D eigenvalue weighted by Crippen LogP contribution is 2.31. The Bertz CT molecular complexity index is 1340. The van der Waals surface area contributed by atoms with E-state index in [9.17, 15) is 19.7 Å². The molecule has 2 amide bonds. The van der Waals surface area contributed by atoms with Gasteiger partial charge in [0.15, 0.2) is 0 Å². The number of carbonyl (C=O) groups excluding carboxylic acids is 2. The van der Waals surface area contributed by atoms with Crippen molar-refractivity contribution in [3.05, 3.63) is 98.6 Å². The highest BCUT2D eigenvalue weighted by molar-refractivity contribution is 6.34. The normalized spacial score (nSPS) is 13.8. The molecule has 0 aromatic heterocycles. The van der Waals surface area contributed by atoms with Crippen molar-refractivity contribution in [2.45, 2.75) is 33.1 Å². The van der Waals surface area contributed by atoms with E-state index in [4.69, 9.17) is 11.6 Å². The number of benzene rings is 3. The predicted molar refractivity (Wildman–Crippen MR) is 155 cm³/mol. The van der Waals surface area contributed by atoms with Gasteiger partial charge in [-0.25, -0.2) is 0 Å². The monoisotopic (exact) mass is 548 g/mol. The maximum absolute atomic E-state index is 13.2. The molecule has 8 nitrogen and oxygen atoms in total. The summed E-state index contributed by atoms with van der Waals surface area (Å²) >= 11 is 6.14. The van der Waals surface area contributed by atoms with Crippen molar-refractivity contribution in [1.29, 1.82) is 0 Å². The van der Waals surface area contributed by atoms with E-state index in [0.717, 1.165) is 44.1 Å². The number of hydrogen-bond acceptors (Lipinski definition) is 5. The molecule has 3 aromatic carbocycles. The second-order valence-corrected chi connectivity index (χ2v) is 10.7. The smallest absolute Gasteiger partial charge is 0.270 e. The number of non-ortho nitro benzene ring substituents is 1. The first-order valence-corrected chi connectivity index (χ1v) is 13.6. The fraction of sp³-hybridized carbons (Fsp3) is 0.333. The summed E-state index contributed by atoms with van der Waals surface area (Å²) in [7, 11) is 0. The first-order valence-electron chi connectivity index (χ1n) is 13.2. The standard InChI is InChI=1S/C30H33ClN4O4/c1-20(2)19-32-29(36)26-17-23(33-30(37)25-10-9-24(35(38)39)18-27(25)31)8-11-28(26)34-14-12-22(13-15-34)16-21-6-4-3-5-7-21/h3-11,17-18,20,22H,12-16,19H2,1-2H3,(H,32,36)(H,33,37). The summed E-state index contributed by atoms with van der Waals surface area (Å²) in [5.41, 5.74) is 3.02. The number of nitro benzene ring substituents is 1. The van der Waals surface area contributed by atoms with Crippen LogP contribution in [0.1, 0.15) is 53.0 Å². The fourth-order valence-electron chi connectivity index (χ4n) is 4.79. The van der Waals surface area contributed by atoms with E-state index in [-0.39, 0.29) is 22.2 Å². The summed E-state index contributed by atoms with van der Waals surface area (Å²) in [6.45, 7) is 6.27. The Labute approximate surface area is 233 Å². The van der Waals surface area contributed by atoms with Gasteiger partial charge in [-0.15, -0.1) is 0 Å². The van der Waals surface area contributed by atoms with Gasteiger partial charge in [0.05, 0.1) is 21.1 Å². The number of carbonyl (C=O) groups is 2. The molecule has 0 atom stereocenters. The van der Waals surface area contributed by atoms with Crippen LogP contribution >= 0.6 is 11.6 Å². The van der Waals surface area contributed by atoms with Gasteiger partial charge in [0.1, 0.15) is 0 Å². The zero-order chi connectivity index (χ0) is 27.9. The van der Waals surface area contributed by atoms with Gasteiger partial charge in [-0.1, -0.05) is 55.8 Å². The largest absolute Gasteiger partial charge is 0.371 e. The summed E-state index contributed by atoms with van der Waals surface area (Å²) in [5.74, 6) is 0.164. The van der Waals surface area contributed by atoms with Crippen LogP contribution in [-0.2, 0) is 6.42 Å². The molecule has 0 unspecified atom stereocenters. The molecule has 1 fully saturated rings. The molecule has 39 heavy (non-hydrogen) atoms. The van der Waals surface area contributed by atoms with Crippen molar-refractivity contribution >= 4 is 40.5 Å². The minimum atomic E-state index is -0.571. The Morgan fingerprint density at radius 2 is 1.72 bits per heavy atom. The lowest BCUT2D eigenvalue weighted by Crippen LogP contribution is -2.36. The molecule has 0 spiro atoms. The van der Waals surface area contributed by atoms with Gasteiger partial charge in [0.25, 0.3) is 17.5 Å². The highest BCUT2D eigenvalue weighted by Gasteiger charge is 2.24. The Kier molecular flexibility index (Phi) is 9.19. The number of halogens is 1. The van der Waals surface area contributed by atoms with Crippen LogP contribution in [0.4, 0.5) is 17.1 Å². The minimum Gasteiger partial charge on any atom is -0.371 e. The Morgan fingerprint density at radius 3 is 2.36 bits per heavy atom. The SMILES string of the molecule is CC(C)CNC(=O)c1cc(NC(=O)c2ccc([N+](=O)[O-])cc2Cl)ccc1N1CCC(Cc2ccccc2)CC1. The summed E-state index contributed by atoms with van der Waals surface area (Å²) in [6.07, 6.45) is 3.10. The van der Waals surface area contributed by atoms with E-state index in [0.29, 0.717) is 29.6 Å². The quantitative estimate of drug-likeness (QED) is 0.239. The van der Waals surface area contributed by atoms with Crippen LogP contribution in [-0.4, -0.2) is 36.4 Å². The molecule has 0 radical (unpaired) electrons. The second-order valence-electron chi connectivity index (χ2n) is 10.3. The Morgan fingerprint density at radius 1 is 1.00 bits per heavy atom. The maximum Gasteiger partial charge on any atom is 0.270 e. The van der Waals surface area contributed by atoms with Gasteiger partial charge in [-0.2, -0.15) is 0 Å². The van der Waals surface area contributed by atoms with Gasteiger partial charge in [0.2, 0.25) is 0 Å². The van der Waals surface area contributed by atoms with Gasteiger partial charge in [-0.3, -0.25) is 19.7 Å². The molecule has 0 aliphatic carbocycles. The number of piperidine rings is 1. The predicted octanol–water partition coefficient (Wildman–Crippen LogP) is 6.35. The lowest BCUT2D eigenvalue weighted by atomic mass is 9.89. The Balaban J connectivity index is 1.51. The van der Waals surface area contributed by atoms with Crippen molar-refractivity contribution in [2.75, 3.05) is 29.9 Å². The molecule has 204 valence electrons. The van der Waals surface area contributed by atoms with Crippen molar-refractivity contribution < 1.29 is 14.5 Å². The average Bonchev–Trinajstić information content (AvgIpc) is 2.92. The third kappa shape index (κ3) is 7.35. The number of rotatable bonds is 9. The summed E-state index contributed by atoms with van der Waals surface area (Å²) < 4.78 is 0. The van der Waals surface area contributed by atoms with Gasteiger partial charge in [0, 0.05) is 43.1 Å². The molecule has 1 heterocycles. The summed E-state index contributed by atoms with van der Waals surface area (Å²) in [4.78, 5) is 38.8. The molecule has 2 N–H and O–H groups in total. The first-order chi connectivity index (χ1) is 18.7. The molecule has 3 aromatic rings. The van der Waals surface area contributed by atoms with E-state index in [1.54, 1.807) is 12.1 Å². The number of nitrogens with zero attached hydrogens (tertiary/aromatic N) is 2. The number of hydrogen-bond donors (Lipinski definition) is 2. The number of nitro groups is 1. The average molecular weight is 549 g/mol. The second kappa shape index (κ2) is 12.8. The van der Waals surface area contributed by atoms with Crippen molar-refractivity contribution in [3.63, 3.8) is 0 Å². The molecule has 0 bridgehead atoms. The molecule has 0 saturated carbocycles. The van der Waals surface area contributed by atoms with Gasteiger partial charge >= 0.3 is 0 Å². The zero-order valence-corrected chi connectivity index (χ0v) is 22.9. The fourth-order valence-corrected chi connectivity index (χ4v) is 5.05. The molecular formula is C30H33ClN4O4. The third-order valence-electron chi connectivity index (χ3n) is 6.90. The lowest BCUT2D eigenvalue weighted by Gasteiger charge is -2.35. The van der Waals surface area contributed by atoms with Crippen molar-refractivity contribution in [1.82, 2.24) is 5.32 Å². The highest BCUT2D eigenvalue weighted by atomic mass is 35.5. The number of nitrogens with one attached hydrogen (secondary N) is 2. The number of anilines is 2. The van der Waals surface area contributed by atoms with E-state index in [2.05, 4.69) is 39.8 Å². The van der Waals surface area contributed by atoms with Crippen LogP contribution in [0.5, 0.6) is 0 Å². The lowest BCUT2D eigenvalue weighted by molar-refractivity contribution is -0.384. The molecular weight excluding hydrogens is 516 g/mol. The Hall–Kier alpha value is -3.91. The molecule has 1 saturated heterocycles. The van der Waals surface area contributed by atoms with E-state index in [1.807, 2.05) is 26.0 Å². The van der Waals surface area contributed by atoms with Crippen LogP contribution in [0.25, 0.3) is 0 Å². The van der Waals surface area contributed by atoms with Crippen molar-refractivity contribution in [2.24, 2.45) is 11.8 Å². The summed E-state index contributed by atoms with van der Waals surface area (Å²) in [6, 6.07) is 19.5. The van der Waals surface area contributed by atoms with Crippen LogP contribution in [0.2, 0.25) is 5.02 Å². The van der Waals surface area contributed by atoms with Crippen LogP contribution < -0.4 is 15.5 Å². The molecule has 4 rings (SSSR count). The molecule has 1 aliphatic rings. The first kappa shape index (κ1) is 28.1. The topological polar surface area (TPSA) is 105 Å². The van der Waals surface area contributed by atoms with Crippen LogP contribution in [0, 0.1) is 22.0 Å². The zero-order valence-electron chi connectivity index (χ0n) is 22.2. The number of amides is 2. The van der Waals surface area contributed by atoms with Crippen LogP contribution in [0.15, 0.2) is 66.7 Å². The van der Waals surface area contributed by atoms with Crippen LogP contribution in [0.3, 0.4) is 0 Å². The maximum atomic E-state index is 13.2. The molecule has 9 heteroatoms. The summed E-state index contributed by atoms with van der Waals surface area (Å²) in [5, 5.41) is 16.7. The van der Waals surface area contributed by atoms with Gasteiger partial charge in [-0.05, 0) is 60.9 Å². The van der Waals surface area contributed by atoms with E-state index in [1.165, 1.54) is 17.7 Å². The van der Waals surface area contributed by atoms with E-state index >= 15 is 0 Å². The third-order valence-corrected chi connectivity index (χ3v) is 7.21. The minimum absolute atomic E-state index is 0.0217.